The van der Waals surface area contributed by atoms with E-state index in [2.05, 4.69) is 15.5 Å². The zero-order chi connectivity index (χ0) is 14.1. The van der Waals surface area contributed by atoms with Gasteiger partial charge in [-0.1, -0.05) is 5.16 Å². The number of hydrogen-bond donors (Lipinski definition) is 1. The van der Waals surface area contributed by atoms with E-state index in [1.165, 1.54) is 4.88 Å². The van der Waals surface area contributed by atoms with E-state index in [1.54, 1.807) is 17.4 Å². The van der Waals surface area contributed by atoms with Gasteiger partial charge in [0.2, 0.25) is 5.91 Å². The molecule has 0 radical (unpaired) electrons. The quantitative estimate of drug-likeness (QED) is 0.943. The Morgan fingerprint density at radius 1 is 1.55 bits per heavy atom. The molecule has 1 atom stereocenters. The van der Waals surface area contributed by atoms with Crippen molar-refractivity contribution in [3.8, 4) is 0 Å². The number of aromatic nitrogens is 2. The molecule has 106 valence electrons. The summed E-state index contributed by atoms with van der Waals surface area (Å²) >= 11 is 1.74. The molecular weight excluding hydrogens is 274 g/mol. The second kappa shape index (κ2) is 5.36. The van der Waals surface area contributed by atoms with Crippen LogP contribution in [-0.2, 0) is 17.6 Å². The number of nitrogens with zero attached hydrogens (tertiary/aromatic N) is 2. The van der Waals surface area contributed by atoms with Crippen LogP contribution in [0.4, 0.5) is 0 Å². The molecule has 5 nitrogen and oxygen atoms in total. The minimum absolute atomic E-state index is 0.0374. The highest BCUT2D eigenvalue weighted by Crippen LogP contribution is 2.32. The summed E-state index contributed by atoms with van der Waals surface area (Å²) in [5, 5.41) is 7.92. The van der Waals surface area contributed by atoms with Crippen LogP contribution in [-0.4, -0.2) is 16.0 Å². The van der Waals surface area contributed by atoms with Gasteiger partial charge in [-0.05, 0) is 33.1 Å². The largest absolute Gasteiger partial charge is 0.361 e. The van der Waals surface area contributed by atoms with Gasteiger partial charge in [-0.15, -0.1) is 11.3 Å². The number of aryl methyl sites for hydroxylation is 3. The molecule has 2 aromatic rings. The molecule has 0 aromatic carbocycles. The molecule has 2 heterocycles. The zero-order valence-corrected chi connectivity index (χ0v) is 12.4. The van der Waals surface area contributed by atoms with Gasteiger partial charge < -0.3 is 9.84 Å². The number of amides is 1. The van der Waals surface area contributed by atoms with Crippen LogP contribution in [0.25, 0.3) is 0 Å². The van der Waals surface area contributed by atoms with E-state index in [-0.39, 0.29) is 18.4 Å². The van der Waals surface area contributed by atoms with Gasteiger partial charge >= 0.3 is 0 Å². The lowest BCUT2D eigenvalue weighted by Gasteiger charge is -2.22. The highest BCUT2D eigenvalue weighted by Gasteiger charge is 2.25. The first-order chi connectivity index (χ1) is 9.61. The van der Waals surface area contributed by atoms with Crippen LogP contribution in [0.15, 0.2) is 10.6 Å². The number of carbonyl (C=O) groups excluding carboxylic acids is 1. The maximum Gasteiger partial charge on any atom is 0.228 e. The summed E-state index contributed by atoms with van der Waals surface area (Å²) in [6.45, 7) is 3.86. The lowest BCUT2D eigenvalue weighted by Crippen LogP contribution is -2.32. The molecule has 0 spiro atoms. The van der Waals surface area contributed by atoms with Crippen molar-refractivity contribution in [2.24, 2.45) is 0 Å². The van der Waals surface area contributed by atoms with Crippen molar-refractivity contribution < 1.29 is 9.32 Å². The van der Waals surface area contributed by atoms with Crippen LogP contribution in [0.5, 0.6) is 0 Å². The van der Waals surface area contributed by atoms with Gasteiger partial charge in [0.25, 0.3) is 0 Å². The molecule has 0 fully saturated rings. The van der Waals surface area contributed by atoms with E-state index >= 15 is 0 Å². The molecule has 0 saturated heterocycles. The summed E-state index contributed by atoms with van der Waals surface area (Å²) in [6, 6.07) is 1.83. The fourth-order valence-electron chi connectivity index (χ4n) is 2.58. The van der Waals surface area contributed by atoms with E-state index in [0.29, 0.717) is 5.76 Å². The number of carbonyl (C=O) groups is 1. The Bertz CT molecular complexity index is 632. The third-order valence-corrected chi connectivity index (χ3v) is 4.45. The van der Waals surface area contributed by atoms with Crippen molar-refractivity contribution in [1.29, 1.82) is 0 Å². The Morgan fingerprint density at radius 2 is 2.40 bits per heavy atom. The third kappa shape index (κ3) is 2.75. The maximum atomic E-state index is 12.1. The number of thiazole rings is 1. The molecule has 1 aliphatic rings. The topological polar surface area (TPSA) is 68.0 Å². The number of hydrogen-bond acceptors (Lipinski definition) is 5. The summed E-state index contributed by atoms with van der Waals surface area (Å²) in [4.78, 5) is 18.0. The normalized spacial score (nSPS) is 17.8. The van der Waals surface area contributed by atoms with Gasteiger partial charge in [0.05, 0.1) is 28.9 Å². The molecule has 2 aromatic heterocycles. The number of rotatable bonds is 3. The molecule has 0 unspecified atom stereocenters. The Labute approximate surface area is 121 Å². The van der Waals surface area contributed by atoms with Crippen LogP contribution >= 0.6 is 11.3 Å². The first kappa shape index (κ1) is 13.3. The van der Waals surface area contributed by atoms with Crippen molar-refractivity contribution in [3.05, 3.63) is 33.1 Å². The molecule has 1 N–H and O–H groups in total. The van der Waals surface area contributed by atoms with E-state index in [4.69, 9.17) is 4.52 Å². The second-order valence-corrected chi connectivity index (χ2v) is 6.45. The average Bonchev–Trinajstić information content (AvgIpc) is 2.95. The molecule has 1 aliphatic carbocycles. The van der Waals surface area contributed by atoms with Gasteiger partial charge in [0, 0.05) is 10.9 Å². The van der Waals surface area contributed by atoms with Crippen molar-refractivity contribution in [2.45, 2.75) is 45.6 Å². The lowest BCUT2D eigenvalue weighted by atomic mass is 9.97. The van der Waals surface area contributed by atoms with Crippen molar-refractivity contribution in [3.63, 3.8) is 0 Å². The van der Waals surface area contributed by atoms with Gasteiger partial charge in [0.15, 0.2) is 0 Å². The molecule has 0 bridgehead atoms. The monoisotopic (exact) mass is 291 g/mol. The van der Waals surface area contributed by atoms with E-state index in [9.17, 15) is 4.79 Å². The van der Waals surface area contributed by atoms with Gasteiger partial charge in [-0.2, -0.15) is 0 Å². The maximum absolute atomic E-state index is 12.1. The first-order valence-electron chi connectivity index (χ1n) is 6.79. The smallest absolute Gasteiger partial charge is 0.228 e. The predicted octanol–water partition coefficient (Wildman–Crippen LogP) is 2.48. The standard InChI is InChI=1S/C14H17N3O2S/c1-8-6-10(19-17-8)7-13(18)16-11-4-3-5-12-14(11)15-9(2)20-12/h6,11H,3-5,7H2,1-2H3,(H,16,18)/t11-/m1/s1. The fraction of sp³-hybridized carbons (Fsp3) is 0.500. The minimum Gasteiger partial charge on any atom is -0.361 e. The van der Waals surface area contributed by atoms with Crippen LogP contribution < -0.4 is 5.32 Å². The number of nitrogens with one attached hydrogen (secondary N) is 1. The van der Waals surface area contributed by atoms with Crippen LogP contribution in [0.1, 0.15) is 45.9 Å². The number of fused-ring (bicyclic) bond motifs is 1. The Hall–Kier alpha value is -1.69. The highest BCUT2D eigenvalue weighted by atomic mass is 32.1. The van der Waals surface area contributed by atoms with E-state index < -0.39 is 0 Å². The van der Waals surface area contributed by atoms with Gasteiger partial charge in [-0.3, -0.25) is 4.79 Å². The Morgan fingerprint density at radius 3 is 3.15 bits per heavy atom. The predicted molar refractivity (Wildman–Crippen MR) is 75.6 cm³/mol. The lowest BCUT2D eigenvalue weighted by molar-refractivity contribution is -0.121. The zero-order valence-electron chi connectivity index (χ0n) is 11.6. The molecular formula is C14H17N3O2S. The Kier molecular flexibility index (Phi) is 3.56. The summed E-state index contributed by atoms with van der Waals surface area (Å²) < 4.78 is 5.07. The molecule has 20 heavy (non-hydrogen) atoms. The van der Waals surface area contributed by atoms with E-state index in [1.807, 2.05) is 13.8 Å². The van der Waals surface area contributed by atoms with Crippen molar-refractivity contribution >= 4 is 17.2 Å². The van der Waals surface area contributed by atoms with Gasteiger partial charge in [-0.25, -0.2) is 4.98 Å². The Balaban J connectivity index is 1.67. The van der Waals surface area contributed by atoms with Gasteiger partial charge in [0.1, 0.15) is 5.76 Å². The average molecular weight is 291 g/mol. The molecule has 0 saturated carbocycles. The first-order valence-corrected chi connectivity index (χ1v) is 7.61. The molecule has 0 aliphatic heterocycles. The summed E-state index contributed by atoms with van der Waals surface area (Å²) in [6.07, 6.45) is 3.36. The SMILES string of the molecule is Cc1cc(CC(=O)N[C@@H]2CCCc3sc(C)nc32)on1. The molecule has 1 amide bonds. The van der Waals surface area contributed by atoms with Crippen LogP contribution in [0.3, 0.4) is 0 Å². The van der Waals surface area contributed by atoms with Crippen LogP contribution in [0.2, 0.25) is 0 Å². The van der Waals surface area contributed by atoms with Crippen molar-refractivity contribution in [1.82, 2.24) is 15.5 Å². The minimum atomic E-state index is -0.0374. The van der Waals surface area contributed by atoms with Crippen LogP contribution in [0, 0.1) is 13.8 Å². The molecule has 6 heteroatoms. The highest BCUT2D eigenvalue weighted by molar-refractivity contribution is 7.11. The van der Waals surface area contributed by atoms with Crippen molar-refractivity contribution in [2.75, 3.05) is 0 Å². The fourth-order valence-corrected chi connectivity index (χ4v) is 3.62. The van der Waals surface area contributed by atoms with E-state index in [0.717, 1.165) is 35.7 Å². The summed E-state index contributed by atoms with van der Waals surface area (Å²) in [7, 11) is 0. The summed E-state index contributed by atoms with van der Waals surface area (Å²) in [5.74, 6) is 0.565. The third-order valence-electron chi connectivity index (χ3n) is 3.41. The second-order valence-electron chi connectivity index (χ2n) is 5.17. The summed E-state index contributed by atoms with van der Waals surface area (Å²) in [5.41, 5.74) is 1.85. The molecule has 3 rings (SSSR count).